The monoisotopic (exact) mass is 420 g/mol. The van der Waals surface area contributed by atoms with Gasteiger partial charge in [0.15, 0.2) is 5.60 Å². The number of carbonyl (C=O) groups excluding carboxylic acids is 1. The minimum Gasteiger partial charge on any atom is -0.497 e. The maximum Gasteiger partial charge on any atom is 0.457 e. The third-order valence-corrected chi connectivity index (χ3v) is 7.78. The molecular formula is C24H27F3O3. The van der Waals surface area contributed by atoms with Crippen molar-refractivity contribution in [1.82, 2.24) is 0 Å². The SMILES string of the molecule is COc1ccc2c(c1)CC[C@@H]1[C@@H]2CC[C@@]2(C)[C@H]1CC[C@]2(C#CC(F)(F)F)OC(C)=O. The average molecular weight is 420 g/mol. The summed E-state index contributed by atoms with van der Waals surface area (Å²) in [5.74, 6) is 5.02. The summed E-state index contributed by atoms with van der Waals surface area (Å²) >= 11 is 0. The normalized spacial score (nSPS) is 34.7. The predicted octanol–water partition coefficient (Wildman–Crippen LogP) is 5.42. The Morgan fingerprint density at radius 3 is 2.63 bits per heavy atom. The van der Waals surface area contributed by atoms with Crippen molar-refractivity contribution in [3.8, 4) is 17.6 Å². The molecule has 0 aliphatic heterocycles. The van der Waals surface area contributed by atoms with E-state index in [4.69, 9.17) is 9.47 Å². The highest BCUT2D eigenvalue weighted by Gasteiger charge is 2.63. The Kier molecular flexibility index (Phi) is 5.07. The van der Waals surface area contributed by atoms with Crippen LogP contribution in [0.1, 0.15) is 63.0 Å². The van der Waals surface area contributed by atoms with Crippen LogP contribution in [0, 0.1) is 29.1 Å². The van der Waals surface area contributed by atoms with Crippen LogP contribution in [0.2, 0.25) is 0 Å². The summed E-state index contributed by atoms with van der Waals surface area (Å²) in [6.07, 6.45) is -0.0824. The summed E-state index contributed by atoms with van der Waals surface area (Å²) in [6, 6.07) is 6.24. The van der Waals surface area contributed by atoms with Gasteiger partial charge in [0, 0.05) is 18.3 Å². The fourth-order valence-electron chi connectivity index (χ4n) is 6.50. The van der Waals surface area contributed by atoms with Gasteiger partial charge in [-0.2, -0.15) is 13.2 Å². The molecule has 3 aliphatic rings. The van der Waals surface area contributed by atoms with Gasteiger partial charge in [0.1, 0.15) is 5.75 Å². The number of alkyl halides is 3. The molecule has 30 heavy (non-hydrogen) atoms. The van der Waals surface area contributed by atoms with E-state index in [2.05, 4.69) is 18.1 Å². The van der Waals surface area contributed by atoms with E-state index in [1.165, 1.54) is 24.0 Å². The van der Waals surface area contributed by atoms with Crippen LogP contribution in [0.3, 0.4) is 0 Å². The summed E-state index contributed by atoms with van der Waals surface area (Å²) in [7, 11) is 1.66. The molecule has 3 aliphatic carbocycles. The second-order valence-electron chi connectivity index (χ2n) is 9.14. The summed E-state index contributed by atoms with van der Waals surface area (Å²) < 4.78 is 49.8. The van der Waals surface area contributed by atoms with Crippen molar-refractivity contribution in [3.05, 3.63) is 29.3 Å². The lowest BCUT2D eigenvalue weighted by atomic mass is 9.53. The van der Waals surface area contributed by atoms with Crippen molar-refractivity contribution < 1.29 is 27.4 Å². The first-order valence-corrected chi connectivity index (χ1v) is 10.6. The van der Waals surface area contributed by atoms with E-state index < -0.39 is 23.2 Å². The molecule has 4 rings (SSSR count). The first-order chi connectivity index (χ1) is 14.1. The number of esters is 1. The van der Waals surface area contributed by atoms with Crippen LogP contribution in [0.15, 0.2) is 18.2 Å². The van der Waals surface area contributed by atoms with Gasteiger partial charge >= 0.3 is 12.1 Å². The molecule has 2 saturated carbocycles. The third-order valence-electron chi connectivity index (χ3n) is 7.78. The van der Waals surface area contributed by atoms with Crippen LogP contribution in [-0.2, 0) is 16.0 Å². The van der Waals surface area contributed by atoms with Crippen molar-refractivity contribution in [2.24, 2.45) is 17.3 Å². The number of hydrogen-bond acceptors (Lipinski definition) is 3. The zero-order valence-corrected chi connectivity index (χ0v) is 17.6. The van der Waals surface area contributed by atoms with E-state index in [1.807, 2.05) is 13.0 Å². The van der Waals surface area contributed by atoms with Crippen molar-refractivity contribution in [2.75, 3.05) is 7.11 Å². The third kappa shape index (κ3) is 3.36. The molecule has 0 amide bonds. The molecule has 5 atom stereocenters. The first kappa shape index (κ1) is 21.1. The topological polar surface area (TPSA) is 35.5 Å². The van der Waals surface area contributed by atoms with Gasteiger partial charge in [0.2, 0.25) is 0 Å². The Hall–Kier alpha value is -2.16. The number of hydrogen-bond donors (Lipinski definition) is 0. The Bertz CT molecular complexity index is 912. The molecule has 0 unspecified atom stereocenters. The number of methoxy groups -OCH3 is 1. The zero-order valence-electron chi connectivity index (χ0n) is 17.6. The van der Waals surface area contributed by atoms with Gasteiger partial charge in [-0.05, 0) is 85.5 Å². The summed E-state index contributed by atoms with van der Waals surface area (Å²) in [6.45, 7) is 3.24. The van der Waals surface area contributed by atoms with E-state index in [0.717, 1.165) is 31.4 Å². The minimum atomic E-state index is -4.61. The number of aryl methyl sites for hydroxylation is 1. The highest BCUT2D eigenvalue weighted by molar-refractivity contribution is 5.67. The molecule has 0 spiro atoms. The molecular weight excluding hydrogens is 393 g/mol. The Morgan fingerprint density at radius 2 is 1.97 bits per heavy atom. The van der Waals surface area contributed by atoms with Crippen molar-refractivity contribution in [2.45, 2.75) is 70.1 Å². The quantitative estimate of drug-likeness (QED) is 0.474. The summed E-state index contributed by atoms with van der Waals surface area (Å²) in [5.41, 5.74) is 0.687. The molecule has 0 bridgehead atoms. The number of halogens is 3. The molecule has 0 aromatic heterocycles. The second kappa shape index (κ2) is 7.21. The first-order valence-electron chi connectivity index (χ1n) is 10.6. The summed E-state index contributed by atoms with van der Waals surface area (Å²) in [5, 5.41) is 0. The van der Waals surface area contributed by atoms with E-state index in [-0.39, 0.29) is 5.92 Å². The van der Waals surface area contributed by atoms with Gasteiger partial charge in [-0.1, -0.05) is 13.0 Å². The largest absolute Gasteiger partial charge is 0.497 e. The lowest BCUT2D eigenvalue weighted by Crippen LogP contribution is -2.52. The fourth-order valence-corrected chi connectivity index (χ4v) is 6.50. The lowest BCUT2D eigenvalue weighted by molar-refractivity contribution is -0.165. The Morgan fingerprint density at radius 1 is 1.20 bits per heavy atom. The van der Waals surface area contributed by atoms with E-state index in [1.54, 1.807) is 7.11 Å². The molecule has 0 radical (unpaired) electrons. The molecule has 6 heteroatoms. The lowest BCUT2D eigenvalue weighted by Gasteiger charge is -2.52. The van der Waals surface area contributed by atoms with Crippen LogP contribution in [0.5, 0.6) is 5.75 Å². The molecule has 0 saturated heterocycles. The molecule has 0 N–H and O–H groups in total. The fraction of sp³-hybridized carbons (Fsp3) is 0.625. The maximum atomic E-state index is 12.9. The molecule has 3 nitrogen and oxygen atoms in total. The van der Waals surface area contributed by atoms with Gasteiger partial charge in [0.05, 0.1) is 7.11 Å². The van der Waals surface area contributed by atoms with Crippen LogP contribution in [0.4, 0.5) is 13.2 Å². The van der Waals surface area contributed by atoms with E-state index in [9.17, 15) is 18.0 Å². The van der Waals surface area contributed by atoms with Crippen LogP contribution in [0.25, 0.3) is 0 Å². The molecule has 0 heterocycles. The highest BCUT2D eigenvalue weighted by Crippen LogP contribution is 2.65. The smallest absolute Gasteiger partial charge is 0.457 e. The van der Waals surface area contributed by atoms with Crippen LogP contribution < -0.4 is 4.74 Å². The molecule has 1 aromatic rings. The van der Waals surface area contributed by atoms with E-state index in [0.29, 0.717) is 24.7 Å². The molecule has 2 fully saturated rings. The average Bonchev–Trinajstić information content (AvgIpc) is 2.97. The molecule has 162 valence electrons. The van der Waals surface area contributed by atoms with Crippen molar-refractivity contribution >= 4 is 5.97 Å². The Balaban J connectivity index is 1.70. The maximum absolute atomic E-state index is 12.9. The van der Waals surface area contributed by atoms with Gasteiger partial charge in [-0.3, -0.25) is 4.79 Å². The Labute approximate surface area is 175 Å². The van der Waals surface area contributed by atoms with Gasteiger partial charge < -0.3 is 9.47 Å². The highest BCUT2D eigenvalue weighted by atomic mass is 19.4. The number of ether oxygens (including phenoxy) is 2. The number of rotatable bonds is 2. The number of carbonyl (C=O) groups is 1. The van der Waals surface area contributed by atoms with Gasteiger partial charge in [-0.25, -0.2) is 0 Å². The van der Waals surface area contributed by atoms with Gasteiger partial charge in [0.25, 0.3) is 0 Å². The minimum absolute atomic E-state index is 0.174. The zero-order chi connectivity index (χ0) is 21.7. The van der Waals surface area contributed by atoms with Crippen LogP contribution >= 0.6 is 0 Å². The van der Waals surface area contributed by atoms with Crippen LogP contribution in [-0.4, -0.2) is 24.9 Å². The van der Waals surface area contributed by atoms with E-state index >= 15 is 0 Å². The standard InChI is InChI=1S/C24H27F3O3/c1-15(28)30-23(12-13-24(25,26)27)11-9-21-20-6-4-16-14-17(29-3)5-7-18(16)19(20)8-10-22(21,23)2/h5,7,14,19-21H,4,6,8-11H2,1-3H3/t19-,20-,21+,22+,23-/m1/s1. The van der Waals surface area contributed by atoms with Gasteiger partial charge in [-0.15, -0.1) is 0 Å². The van der Waals surface area contributed by atoms with Crippen molar-refractivity contribution in [3.63, 3.8) is 0 Å². The molecule has 1 aromatic carbocycles. The second-order valence-corrected chi connectivity index (χ2v) is 9.14. The summed E-state index contributed by atoms with van der Waals surface area (Å²) in [4.78, 5) is 11.9. The van der Waals surface area contributed by atoms with Crippen molar-refractivity contribution in [1.29, 1.82) is 0 Å². The number of fused-ring (bicyclic) bond motifs is 5. The number of benzene rings is 1. The predicted molar refractivity (Wildman–Crippen MR) is 106 cm³/mol.